The van der Waals surface area contributed by atoms with Crippen molar-refractivity contribution in [3.8, 4) is 0 Å². The lowest BCUT2D eigenvalue weighted by atomic mass is 9.97. The first-order valence-electron chi connectivity index (χ1n) is 4.34. The van der Waals surface area contributed by atoms with Crippen molar-refractivity contribution >= 4 is 0 Å². The summed E-state index contributed by atoms with van der Waals surface area (Å²) in [4.78, 5) is 0. The second-order valence-electron chi connectivity index (χ2n) is 4.71. The van der Waals surface area contributed by atoms with Crippen molar-refractivity contribution in [3.63, 3.8) is 0 Å². The van der Waals surface area contributed by atoms with E-state index in [1.165, 1.54) is 5.06 Å². The fourth-order valence-electron chi connectivity index (χ4n) is 2.08. The Kier molecular flexibility index (Phi) is 2.23. The van der Waals surface area contributed by atoms with Crippen LogP contribution in [-0.2, 0) is 4.74 Å². The van der Waals surface area contributed by atoms with Crippen LogP contribution >= 0.6 is 0 Å². The van der Waals surface area contributed by atoms with E-state index in [2.05, 4.69) is 0 Å². The van der Waals surface area contributed by atoms with E-state index in [1.54, 1.807) is 7.11 Å². The van der Waals surface area contributed by atoms with Crippen LogP contribution in [0, 0.1) is 0 Å². The summed E-state index contributed by atoms with van der Waals surface area (Å²) in [6.07, 6.45) is 0.977. The first-order chi connectivity index (χ1) is 5.32. The molecule has 0 aromatic heterocycles. The number of rotatable bonds is 1. The Morgan fingerprint density at radius 1 is 1.33 bits per heavy atom. The van der Waals surface area contributed by atoms with Crippen LogP contribution in [0.25, 0.3) is 0 Å². The smallest absolute Gasteiger partial charge is 0.0790 e. The number of methoxy groups -OCH3 is 1. The van der Waals surface area contributed by atoms with E-state index < -0.39 is 0 Å². The molecular formula is C9H19NO2. The molecule has 12 heavy (non-hydrogen) atoms. The van der Waals surface area contributed by atoms with Crippen molar-refractivity contribution in [1.29, 1.82) is 0 Å². The molecule has 3 nitrogen and oxygen atoms in total. The summed E-state index contributed by atoms with van der Waals surface area (Å²) >= 11 is 0. The summed E-state index contributed by atoms with van der Waals surface area (Å²) < 4.78 is 5.33. The molecule has 0 bridgehead atoms. The first-order valence-corrected chi connectivity index (χ1v) is 4.34. The monoisotopic (exact) mass is 173 g/mol. The average molecular weight is 173 g/mol. The molecule has 0 spiro atoms. The van der Waals surface area contributed by atoms with Crippen LogP contribution in [0.1, 0.15) is 34.1 Å². The van der Waals surface area contributed by atoms with E-state index >= 15 is 0 Å². The van der Waals surface area contributed by atoms with Crippen LogP contribution < -0.4 is 0 Å². The highest BCUT2D eigenvalue weighted by Gasteiger charge is 2.51. The van der Waals surface area contributed by atoms with Gasteiger partial charge in [0.25, 0.3) is 0 Å². The third kappa shape index (κ3) is 1.26. The van der Waals surface area contributed by atoms with Crippen molar-refractivity contribution in [2.75, 3.05) is 7.11 Å². The van der Waals surface area contributed by atoms with E-state index in [9.17, 15) is 5.21 Å². The van der Waals surface area contributed by atoms with Gasteiger partial charge in [-0.2, -0.15) is 5.06 Å². The second-order valence-corrected chi connectivity index (χ2v) is 4.71. The molecule has 3 heteroatoms. The molecule has 1 unspecified atom stereocenters. The van der Waals surface area contributed by atoms with Gasteiger partial charge in [-0.05, 0) is 34.1 Å². The molecule has 1 fully saturated rings. The van der Waals surface area contributed by atoms with Gasteiger partial charge in [-0.3, -0.25) is 0 Å². The number of hydroxylamine groups is 2. The maximum absolute atomic E-state index is 9.84. The highest BCUT2D eigenvalue weighted by molar-refractivity contribution is 5.02. The predicted octanol–water partition coefficient (Wildman–Crippen LogP) is 1.65. The largest absolute Gasteiger partial charge is 0.379 e. The molecule has 1 aliphatic heterocycles. The van der Waals surface area contributed by atoms with E-state index in [-0.39, 0.29) is 17.2 Å². The van der Waals surface area contributed by atoms with Gasteiger partial charge in [0.2, 0.25) is 0 Å². The Morgan fingerprint density at radius 2 is 1.83 bits per heavy atom. The average Bonchev–Trinajstić information content (AvgIpc) is 2.11. The van der Waals surface area contributed by atoms with Crippen LogP contribution in [0.4, 0.5) is 0 Å². The minimum Gasteiger partial charge on any atom is -0.379 e. The molecular weight excluding hydrogens is 154 g/mol. The lowest BCUT2D eigenvalue weighted by Gasteiger charge is -2.35. The maximum atomic E-state index is 9.84. The summed E-state index contributed by atoms with van der Waals surface area (Å²) in [7, 11) is 1.70. The number of hydrogen-bond donors (Lipinski definition) is 1. The van der Waals surface area contributed by atoms with Crippen LogP contribution in [0.2, 0.25) is 0 Å². The molecule has 0 saturated carbocycles. The van der Waals surface area contributed by atoms with E-state index in [1.807, 2.05) is 27.7 Å². The number of ether oxygens (including phenoxy) is 1. The van der Waals surface area contributed by atoms with Gasteiger partial charge in [0.15, 0.2) is 0 Å². The molecule has 72 valence electrons. The first kappa shape index (κ1) is 9.96. The Balaban J connectivity index is 2.88. The van der Waals surface area contributed by atoms with Crippen molar-refractivity contribution < 1.29 is 9.94 Å². The highest BCUT2D eigenvalue weighted by atomic mass is 16.5. The van der Waals surface area contributed by atoms with Crippen LogP contribution in [0.3, 0.4) is 0 Å². The topological polar surface area (TPSA) is 32.7 Å². The molecule has 0 aliphatic carbocycles. The van der Waals surface area contributed by atoms with Crippen LogP contribution in [0.15, 0.2) is 0 Å². The Labute approximate surface area is 74.3 Å². The third-order valence-corrected chi connectivity index (χ3v) is 2.88. The normalized spacial score (nSPS) is 34.0. The summed E-state index contributed by atoms with van der Waals surface area (Å²) in [5, 5.41) is 11.3. The lowest BCUT2D eigenvalue weighted by molar-refractivity contribution is -0.202. The zero-order chi connectivity index (χ0) is 9.57. The molecule has 1 aliphatic rings. The van der Waals surface area contributed by atoms with Crippen LogP contribution in [-0.4, -0.2) is 34.6 Å². The fraction of sp³-hybridized carbons (Fsp3) is 1.00. The number of nitrogens with zero attached hydrogens (tertiary/aromatic N) is 1. The fourth-order valence-corrected chi connectivity index (χ4v) is 2.08. The summed E-state index contributed by atoms with van der Waals surface area (Å²) in [6, 6.07) is 0. The molecule has 0 aromatic carbocycles. The van der Waals surface area contributed by atoms with Crippen molar-refractivity contribution in [1.82, 2.24) is 5.06 Å². The zero-order valence-electron chi connectivity index (χ0n) is 8.59. The third-order valence-electron chi connectivity index (χ3n) is 2.88. The standard InChI is InChI=1S/C9H19NO2/c1-8(2)6-7(12-5)9(3,4)10(8)11/h7,11H,6H2,1-5H3. The van der Waals surface area contributed by atoms with Gasteiger partial charge in [0, 0.05) is 12.6 Å². The van der Waals surface area contributed by atoms with E-state index in [4.69, 9.17) is 4.74 Å². The second kappa shape index (κ2) is 2.69. The van der Waals surface area contributed by atoms with Crippen molar-refractivity contribution in [2.45, 2.75) is 51.3 Å². The maximum Gasteiger partial charge on any atom is 0.0790 e. The van der Waals surface area contributed by atoms with Gasteiger partial charge in [-0.1, -0.05) is 0 Å². The molecule has 0 radical (unpaired) electrons. The Bertz CT molecular complexity index is 177. The van der Waals surface area contributed by atoms with Crippen molar-refractivity contribution in [2.24, 2.45) is 0 Å². The van der Waals surface area contributed by atoms with Gasteiger partial charge in [-0.15, -0.1) is 0 Å². The molecule has 0 amide bonds. The van der Waals surface area contributed by atoms with E-state index in [0.29, 0.717) is 0 Å². The SMILES string of the molecule is COC1CC(C)(C)N(O)C1(C)C. The molecule has 1 atom stereocenters. The Morgan fingerprint density at radius 3 is 2.00 bits per heavy atom. The lowest BCUT2D eigenvalue weighted by Crippen LogP contribution is -2.48. The molecule has 1 saturated heterocycles. The molecule has 1 N–H and O–H groups in total. The highest BCUT2D eigenvalue weighted by Crippen LogP contribution is 2.40. The Hall–Kier alpha value is -0.120. The van der Waals surface area contributed by atoms with Crippen LogP contribution in [0.5, 0.6) is 0 Å². The van der Waals surface area contributed by atoms with Gasteiger partial charge < -0.3 is 9.94 Å². The summed E-state index contributed by atoms with van der Waals surface area (Å²) in [5.41, 5.74) is -0.456. The summed E-state index contributed by atoms with van der Waals surface area (Å²) in [6.45, 7) is 8.04. The van der Waals surface area contributed by atoms with Gasteiger partial charge >= 0.3 is 0 Å². The van der Waals surface area contributed by atoms with E-state index in [0.717, 1.165) is 6.42 Å². The minimum atomic E-state index is -0.280. The van der Waals surface area contributed by atoms with Gasteiger partial charge in [0.1, 0.15) is 0 Å². The number of hydrogen-bond acceptors (Lipinski definition) is 3. The zero-order valence-corrected chi connectivity index (χ0v) is 8.59. The summed E-state index contributed by atoms with van der Waals surface area (Å²) in [5.74, 6) is 0. The molecule has 1 rings (SSSR count). The van der Waals surface area contributed by atoms with Gasteiger partial charge in [0.05, 0.1) is 11.6 Å². The minimum absolute atomic E-state index is 0.109. The molecule has 0 aromatic rings. The predicted molar refractivity (Wildman–Crippen MR) is 47.2 cm³/mol. The molecule has 1 heterocycles. The van der Waals surface area contributed by atoms with Crippen molar-refractivity contribution in [3.05, 3.63) is 0 Å². The van der Waals surface area contributed by atoms with Gasteiger partial charge in [-0.25, -0.2) is 0 Å². The quantitative estimate of drug-likeness (QED) is 0.654.